The predicted octanol–water partition coefficient (Wildman–Crippen LogP) is 2.58. The number of pyridine rings is 2. The van der Waals surface area contributed by atoms with Crippen molar-refractivity contribution in [3.8, 4) is 5.75 Å². The molecular formula is C22H28N6O2. The van der Waals surface area contributed by atoms with Crippen LogP contribution in [0.2, 0.25) is 0 Å². The Hall–Kier alpha value is -3.52. The fourth-order valence-corrected chi connectivity index (χ4v) is 2.79. The van der Waals surface area contributed by atoms with Gasteiger partial charge in [-0.15, -0.1) is 0 Å². The standard InChI is InChI=1S/C20H21N5O2.C2H7N/c1-13(6-8-22-14(2)21)18-11-24-20(17-7-9-27-19(17)18)23-10-15-4-3-5-16(12-26)25-15;1-3-2/h3-6,8,11-12H,2,7,9-10,21H2,1H3,(H,23,24);3H,1-2H3/b13-6+,22-8-;. The molecule has 1 aliphatic heterocycles. The number of aliphatic imine (C=N–C) groups is 1. The number of hydrogen-bond donors (Lipinski definition) is 3. The van der Waals surface area contributed by atoms with Gasteiger partial charge in [-0.3, -0.25) is 4.79 Å². The zero-order valence-electron chi connectivity index (χ0n) is 17.6. The number of anilines is 1. The quantitative estimate of drug-likeness (QED) is 0.476. The summed E-state index contributed by atoms with van der Waals surface area (Å²) >= 11 is 0. The predicted molar refractivity (Wildman–Crippen MR) is 121 cm³/mol. The first-order valence-electron chi connectivity index (χ1n) is 9.54. The van der Waals surface area contributed by atoms with Crippen molar-refractivity contribution in [1.29, 1.82) is 0 Å². The molecule has 3 heterocycles. The van der Waals surface area contributed by atoms with Crippen LogP contribution < -0.4 is 21.1 Å². The first-order valence-corrected chi connectivity index (χ1v) is 9.54. The number of aldehydes is 1. The van der Waals surface area contributed by atoms with E-state index in [1.54, 1.807) is 18.5 Å². The van der Waals surface area contributed by atoms with Crippen LogP contribution in [0, 0.1) is 0 Å². The summed E-state index contributed by atoms with van der Waals surface area (Å²) in [5.41, 5.74) is 9.54. The zero-order valence-corrected chi connectivity index (χ0v) is 17.6. The highest BCUT2D eigenvalue weighted by Crippen LogP contribution is 2.37. The Morgan fingerprint density at radius 1 is 1.40 bits per heavy atom. The summed E-state index contributed by atoms with van der Waals surface area (Å²) in [4.78, 5) is 23.6. The summed E-state index contributed by atoms with van der Waals surface area (Å²) in [6, 6.07) is 5.35. The van der Waals surface area contributed by atoms with Crippen LogP contribution in [0.4, 0.5) is 5.82 Å². The van der Waals surface area contributed by atoms with Crippen LogP contribution in [0.3, 0.4) is 0 Å². The molecule has 0 unspecified atom stereocenters. The maximum Gasteiger partial charge on any atom is 0.168 e. The van der Waals surface area contributed by atoms with Crippen LogP contribution in [0.25, 0.3) is 5.57 Å². The van der Waals surface area contributed by atoms with Gasteiger partial charge in [0, 0.05) is 30.0 Å². The van der Waals surface area contributed by atoms with Gasteiger partial charge in [-0.05, 0) is 44.8 Å². The van der Waals surface area contributed by atoms with Crippen LogP contribution in [0.5, 0.6) is 5.75 Å². The van der Waals surface area contributed by atoms with E-state index < -0.39 is 0 Å². The molecule has 0 saturated heterocycles. The van der Waals surface area contributed by atoms with Crippen LogP contribution in [-0.4, -0.2) is 43.2 Å². The van der Waals surface area contributed by atoms with E-state index >= 15 is 0 Å². The molecule has 8 nitrogen and oxygen atoms in total. The third-order valence-corrected chi connectivity index (χ3v) is 4.10. The second-order valence-corrected chi connectivity index (χ2v) is 6.57. The molecule has 0 aliphatic carbocycles. The number of hydrogen-bond acceptors (Lipinski definition) is 8. The Labute approximate surface area is 177 Å². The van der Waals surface area contributed by atoms with Gasteiger partial charge in [0.05, 0.1) is 18.8 Å². The fraction of sp³-hybridized carbons (Fsp3) is 0.273. The van der Waals surface area contributed by atoms with Gasteiger partial charge in [0.25, 0.3) is 0 Å². The summed E-state index contributed by atoms with van der Waals surface area (Å²) in [5.74, 6) is 1.85. The van der Waals surface area contributed by atoms with Gasteiger partial charge in [-0.2, -0.15) is 0 Å². The molecular weight excluding hydrogens is 380 g/mol. The summed E-state index contributed by atoms with van der Waals surface area (Å²) in [6.45, 7) is 6.58. The number of carbonyl (C=O) groups excluding carboxylic acids is 1. The van der Waals surface area contributed by atoms with Gasteiger partial charge >= 0.3 is 0 Å². The molecule has 0 aromatic carbocycles. The minimum absolute atomic E-state index is 0.255. The number of allylic oxidation sites excluding steroid dienone is 2. The van der Waals surface area contributed by atoms with Gasteiger partial charge in [-0.25, -0.2) is 15.0 Å². The molecule has 2 aromatic heterocycles. The van der Waals surface area contributed by atoms with Gasteiger partial charge in [0.15, 0.2) is 6.29 Å². The molecule has 0 bridgehead atoms. The first kappa shape index (κ1) is 22.8. The van der Waals surface area contributed by atoms with Crippen LogP contribution in [-0.2, 0) is 13.0 Å². The molecule has 3 rings (SSSR count). The Balaban J connectivity index is 0.00000101. The highest BCUT2D eigenvalue weighted by atomic mass is 16.5. The number of rotatable bonds is 7. The molecule has 2 aromatic rings. The first-order chi connectivity index (χ1) is 14.5. The van der Waals surface area contributed by atoms with Crippen molar-refractivity contribution >= 4 is 23.9 Å². The Morgan fingerprint density at radius 3 is 2.87 bits per heavy atom. The van der Waals surface area contributed by atoms with Crippen molar-refractivity contribution in [2.45, 2.75) is 19.9 Å². The van der Waals surface area contributed by atoms with E-state index in [1.807, 2.05) is 39.2 Å². The minimum Gasteiger partial charge on any atom is -0.492 e. The number of fused-ring (bicyclic) bond motifs is 1. The van der Waals surface area contributed by atoms with E-state index in [0.29, 0.717) is 18.8 Å². The maximum atomic E-state index is 10.9. The highest BCUT2D eigenvalue weighted by molar-refractivity contribution is 5.86. The van der Waals surface area contributed by atoms with Gasteiger partial charge < -0.3 is 21.1 Å². The van der Waals surface area contributed by atoms with Crippen molar-refractivity contribution in [3.63, 3.8) is 0 Å². The third-order valence-electron chi connectivity index (χ3n) is 4.10. The van der Waals surface area contributed by atoms with Crippen molar-refractivity contribution in [3.05, 3.63) is 65.4 Å². The third kappa shape index (κ3) is 6.25. The number of carbonyl (C=O) groups is 1. The summed E-state index contributed by atoms with van der Waals surface area (Å²) in [7, 11) is 3.75. The van der Waals surface area contributed by atoms with E-state index in [2.05, 4.69) is 32.2 Å². The van der Waals surface area contributed by atoms with Gasteiger partial charge in [0.2, 0.25) is 0 Å². The second-order valence-electron chi connectivity index (χ2n) is 6.57. The van der Waals surface area contributed by atoms with E-state index in [0.717, 1.165) is 46.7 Å². The summed E-state index contributed by atoms with van der Waals surface area (Å²) in [6.07, 6.45) is 6.75. The average molecular weight is 409 g/mol. The van der Waals surface area contributed by atoms with Gasteiger partial charge in [-0.1, -0.05) is 12.6 Å². The van der Waals surface area contributed by atoms with E-state index in [1.165, 1.54) is 0 Å². The largest absolute Gasteiger partial charge is 0.492 e. The van der Waals surface area contributed by atoms with Crippen molar-refractivity contribution < 1.29 is 9.53 Å². The molecule has 0 spiro atoms. The van der Waals surface area contributed by atoms with Crippen LogP contribution >= 0.6 is 0 Å². The van der Waals surface area contributed by atoms with Crippen molar-refractivity contribution in [2.75, 3.05) is 26.0 Å². The fourth-order valence-electron chi connectivity index (χ4n) is 2.79. The second kappa shape index (κ2) is 11.5. The van der Waals surface area contributed by atoms with Crippen molar-refractivity contribution in [2.24, 2.45) is 10.7 Å². The monoisotopic (exact) mass is 408 g/mol. The average Bonchev–Trinajstić information content (AvgIpc) is 3.22. The maximum absolute atomic E-state index is 10.9. The molecule has 30 heavy (non-hydrogen) atoms. The molecule has 158 valence electrons. The Morgan fingerprint density at radius 2 is 2.17 bits per heavy atom. The summed E-state index contributed by atoms with van der Waals surface area (Å²) < 4.78 is 5.84. The number of ether oxygens (including phenoxy) is 1. The van der Waals surface area contributed by atoms with E-state index in [-0.39, 0.29) is 5.82 Å². The van der Waals surface area contributed by atoms with Crippen LogP contribution in [0.15, 0.2) is 47.9 Å². The van der Waals surface area contributed by atoms with Crippen LogP contribution in [0.1, 0.15) is 34.2 Å². The lowest BCUT2D eigenvalue weighted by atomic mass is 10.0. The normalized spacial score (nSPS) is 12.6. The van der Waals surface area contributed by atoms with Gasteiger partial charge in [0.1, 0.15) is 23.1 Å². The molecule has 8 heteroatoms. The molecule has 0 radical (unpaired) electrons. The number of nitrogens with one attached hydrogen (secondary N) is 2. The van der Waals surface area contributed by atoms with E-state index in [9.17, 15) is 4.79 Å². The Kier molecular flexibility index (Phi) is 8.71. The molecule has 4 N–H and O–H groups in total. The lowest BCUT2D eigenvalue weighted by Crippen LogP contribution is -2.06. The molecule has 1 aliphatic rings. The lowest BCUT2D eigenvalue weighted by molar-refractivity contribution is 0.111. The number of aromatic nitrogens is 2. The van der Waals surface area contributed by atoms with E-state index in [4.69, 9.17) is 10.5 Å². The highest BCUT2D eigenvalue weighted by Gasteiger charge is 2.22. The SMILES string of the molecule is C=C(N)/N=C\C=C(/C)c1cnc(NCc2cccc(C=O)n2)c2c1OCC2.CNC. The number of nitrogens with two attached hydrogens (primary N) is 1. The Bertz CT molecular complexity index is 953. The smallest absolute Gasteiger partial charge is 0.168 e. The molecule has 0 amide bonds. The molecule has 0 atom stereocenters. The lowest BCUT2D eigenvalue weighted by Gasteiger charge is -2.13. The van der Waals surface area contributed by atoms with Crippen molar-refractivity contribution in [1.82, 2.24) is 15.3 Å². The zero-order chi connectivity index (χ0) is 21.9. The number of nitrogens with zero attached hydrogens (tertiary/aromatic N) is 3. The summed E-state index contributed by atoms with van der Waals surface area (Å²) in [5, 5.41) is 6.04. The topological polar surface area (TPSA) is 115 Å². The molecule has 0 saturated carbocycles. The molecule has 0 fully saturated rings. The minimum atomic E-state index is 0.255.